The standard InChI is InChI=1S/C22H26N4O3/c1-14(2)26-21-19(13-23-26)18(11-15(3)24-21)22(29)25-17(9-10-20(27)28)12-16-7-5-4-6-8-16/h4-8,11,13-14,17H,9-10,12H2,1-3H3,(H,25,29)(H,27,28). The Labute approximate surface area is 169 Å². The van der Waals surface area contributed by atoms with Gasteiger partial charge in [0.1, 0.15) is 0 Å². The van der Waals surface area contributed by atoms with Gasteiger partial charge >= 0.3 is 5.97 Å². The molecule has 0 aliphatic carbocycles. The van der Waals surface area contributed by atoms with E-state index in [0.29, 0.717) is 29.4 Å². The highest BCUT2D eigenvalue weighted by Crippen LogP contribution is 2.21. The van der Waals surface area contributed by atoms with Crippen LogP contribution in [0.2, 0.25) is 0 Å². The normalized spacial score (nSPS) is 12.3. The van der Waals surface area contributed by atoms with Gasteiger partial charge in [0.25, 0.3) is 5.91 Å². The van der Waals surface area contributed by atoms with Crippen molar-refractivity contribution in [3.63, 3.8) is 0 Å². The van der Waals surface area contributed by atoms with Crippen molar-refractivity contribution >= 4 is 22.9 Å². The maximum absolute atomic E-state index is 13.1. The molecule has 1 aromatic carbocycles. The first-order chi connectivity index (χ1) is 13.8. The van der Waals surface area contributed by atoms with Gasteiger partial charge in [-0.25, -0.2) is 9.67 Å². The summed E-state index contributed by atoms with van der Waals surface area (Å²) in [5.41, 5.74) is 2.96. The minimum atomic E-state index is -0.877. The third-order valence-electron chi connectivity index (χ3n) is 4.80. The Bertz CT molecular complexity index is 1010. The van der Waals surface area contributed by atoms with Gasteiger partial charge in [-0.15, -0.1) is 0 Å². The van der Waals surface area contributed by atoms with E-state index in [1.54, 1.807) is 16.9 Å². The summed E-state index contributed by atoms with van der Waals surface area (Å²) in [4.78, 5) is 28.7. The fourth-order valence-corrected chi connectivity index (χ4v) is 3.39. The monoisotopic (exact) mass is 394 g/mol. The number of carboxylic acid groups (broad SMARTS) is 1. The summed E-state index contributed by atoms with van der Waals surface area (Å²) in [5, 5.41) is 17.2. The molecule has 29 heavy (non-hydrogen) atoms. The molecule has 0 saturated carbocycles. The van der Waals surface area contributed by atoms with Crippen molar-refractivity contribution in [2.45, 2.75) is 52.1 Å². The second-order valence-corrected chi connectivity index (χ2v) is 7.52. The molecule has 7 nitrogen and oxygen atoms in total. The Hall–Kier alpha value is -3.22. The van der Waals surface area contributed by atoms with Crippen LogP contribution in [0.3, 0.4) is 0 Å². The van der Waals surface area contributed by atoms with Crippen molar-refractivity contribution in [3.8, 4) is 0 Å². The van der Waals surface area contributed by atoms with Crippen LogP contribution in [0.15, 0.2) is 42.6 Å². The van der Waals surface area contributed by atoms with Crippen molar-refractivity contribution in [2.24, 2.45) is 0 Å². The number of benzene rings is 1. The number of aromatic nitrogens is 3. The molecule has 2 N–H and O–H groups in total. The molecule has 0 bridgehead atoms. The zero-order valence-electron chi connectivity index (χ0n) is 16.9. The first-order valence-electron chi connectivity index (χ1n) is 9.76. The first kappa shape index (κ1) is 20.5. The molecule has 1 amide bonds. The van der Waals surface area contributed by atoms with E-state index in [1.165, 1.54) is 0 Å². The Morgan fingerprint density at radius 3 is 2.59 bits per heavy atom. The van der Waals surface area contributed by atoms with Crippen molar-refractivity contribution < 1.29 is 14.7 Å². The number of hydrogen-bond donors (Lipinski definition) is 2. The molecule has 3 rings (SSSR count). The predicted molar refractivity (Wildman–Crippen MR) is 111 cm³/mol. The number of carbonyl (C=O) groups excluding carboxylic acids is 1. The van der Waals surface area contributed by atoms with Crippen molar-refractivity contribution in [1.29, 1.82) is 0 Å². The van der Waals surface area contributed by atoms with Crippen LogP contribution in [-0.4, -0.2) is 37.8 Å². The number of aliphatic carboxylic acids is 1. The molecule has 0 saturated heterocycles. The summed E-state index contributed by atoms with van der Waals surface area (Å²) < 4.78 is 1.80. The van der Waals surface area contributed by atoms with Crippen LogP contribution < -0.4 is 5.32 Å². The molecule has 152 valence electrons. The average Bonchev–Trinajstić information content (AvgIpc) is 3.10. The molecule has 1 unspecified atom stereocenters. The Morgan fingerprint density at radius 2 is 1.93 bits per heavy atom. The van der Waals surface area contributed by atoms with E-state index in [2.05, 4.69) is 15.4 Å². The van der Waals surface area contributed by atoms with Gasteiger partial charge in [-0.05, 0) is 45.2 Å². The highest BCUT2D eigenvalue weighted by atomic mass is 16.4. The zero-order valence-corrected chi connectivity index (χ0v) is 16.9. The van der Waals surface area contributed by atoms with Crippen LogP contribution >= 0.6 is 0 Å². The maximum Gasteiger partial charge on any atom is 0.303 e. The number of carboxylic acids is 1. The van der Waals surface area contributed by atoms with Crippen molar-refractivity contribution in [1.82, 2.24) is 20.1 Å². The molecular weight excluding hydrogens is 368 g/mol. The number of aryl methyl sites for hydroxylation is 1. The first-order valence-corrected chi connectivity index (χ1v) is 9.76. The summed E-state index contributed by atoms with van der Waals surface area (Å²) in [5.74, 6) is -1.12. The van der Waals surface area contributed by atoms with Gasteiger partial charge in [-0.1, -0.05) is 30.3 Å². The molecule has 1 atom stereocenters. The van der Waals surface area contributed by atoms with Gasteiger partial charge < -0.3 is 10.4 Å². The van der Waals surface area contributed by atoms with Gasteiger partial charge in [0, 0.05) is 24.2 Å². The highest BCUT2D eigenvalue weighted by Gasteiger charge is 2.20. The zero-order chi connectivity index (χ0) is 21.0. The van der Waals surface area contributed by atoms with Gasteiger partial charge in [0.05, 0.1) is 17.1 Å². The second kappa shape index (κ2) is 8.86. The molecule has 0 radical (unpaired) electrons. The van der Waals surface area contributed by atoms with Gasteiger partial charge in [0.2, 0.25) is 0 Å². The number of rotatable bonds is 8. The van der Waals surface area contributed by atoms with Gasteiger partial charge in [-0.3, -0.25) is 9.59 Å². The fraction of sp³-hybridized carbons (Fsp3) is 0.364. The van der Waals surface area contributed by atoms with Gasteiger partial charge in [-0.2, -0.15) is 5.10 Å². The van der Waals surface area contributed by atoms with E-state index in [0.717, 1.165) is 11.3 Å². The van der Waals surface area contributed by atoms with E-state index in [1.807, 2.05) is 51.1 Å². The Morgan fingerprint density at radius 1 is 1.21 bits per heavy atom. The number of amides is 1. The van der Waals surface area contributed by atoms with Crippen LogP contribution in [0.5, 0.6) is 0 Å². The van der Waals surface area contributed by atoms with Crippen LogP contribution in [-0.2, 0) is 11.2 Å². The lowest BCUT2D eigenvalue weighted by atomic mass is 10.0. The molecule has 0 spiro atoms. The molecule has 0 aliphatic heterocycles. The van der Waals surface area contributed by atoms with Gasteiger partial charge in [0.15, 0.2) is 5.65 Å². The molecule has 0 aliphatic rings. The smallest absolute Gasteiger partial charge is 0.303 e. The number of carbonyl (C=O) groups is 2. The lowest BCUT2D eigenvalue weighted by Crippen LogP contribution is -2.37. The third kappa shape index (κ3) is 4.99. The van der Waals surface area contributed by atoms with E-state index in [4.69, 9.17) is 5.11 Å². The minimum absolute atomic E-state index is 0.00611. The SMILES string of the molecule is Cc1cc(C(=O)NC(CCC(=O)O)Cc2ccccc2)c2cnn(C(C)C)c2n1. The minimum Gasteiger partial charge on any atom is -0.481 e. The predicted octanol–water partition coefficient (Wildman–Crippen LogP) is 3.53. The lowest BCUT2D eigenvalue weighted by molar-refractivity contribution is -0.137. The van der Waals surface area contributed by atoms with Crippen LogP contribution in [0, 0.1) is 6.92 Å². The topological polar surface area (TPSA) is 97.1 Å². The Balaban J connectivity index is 1.87. The summed E-state index contributed by atoms with van der Waals surface area (Å²) in [7, 11) is 0. The maximum atomic E-state index is 13.1. The summed E-state index contributed by atoms with van der Waals surface area (Å²) in [6.45, 7) is 5.87. The quantitative estimate of drug-likeness (QED) is 0.609. The number of hydrogen-bond acceptors (Lipinski definition) is 4. The number of nitrogens with zero attached hydrogens (tertiary/aromatic N) is 3. The molecule has 3 aromatic rings. The van der Waals surface area contributed by atoms with Crippen molar-refractivity contribution in [3.05, 3.63) is 59.4 Å². The largest absolute Gasteiger partial charge is 0.481 e. The third-order valence-corrected chi connectivity index (χ3v) is 4.80. The average molecular weight is 394 g/mol. The molecule has 2 aromatic heterocycles. The second-order valence-electron chi connectivity index (χ2n) is 7.52. The molecular formula is C22H26N4O3. The van der Waals surface area contributed by atoms with E-state index in [-0.39, 0.29) is 24.4 Å². The van der Waals surface area contributed by atoms with E-state index < -0.39 is 5.97 Å². The summed E-state index contributed by atoms with van der Waals surface area (Å²) in [6, 6.07) is 11.3. The van der Waals surface area contributed by atoms with Crippen LogP contribution in [0.1, 0.15) is 54.3 Å². The molecule has 2 heterocycles. The number of fused-ring (bicyclic) bond motifs is 1. The molecule has 0 fully saturated rings. The molecule has 7 heteroatoms. The summed E-state index contributed by atoms with van der Waals surface area (Å²) in [6.07, 6.45) is 2.58. The fourth-order valence-electron chi connectivity index (χ4n) is 3.39. The van der Waals surface area contributed by atoms with Crippen LogP contribution in [0.4, 0.5) is 0 Å². The number of pyridine rings is 1. The highest BCUT2D eigenvalue weighted by molar-refractivity contribution is 6.05. The Kier molecular flexibility index (Phi) is 6.26. The number of nitrogens with one attached hydrogen (secondary N) is 1. The van der Waals surface area contributed by atoms with E-state index in [9.17, 15) is 9.59 Å². The summed E-state index contributed by atoms with van der Waals surface area (Å²) >= 11 is 0. The van der Waals surface area contributed by atoms with Crippen molar-refractivity contribution in [2.75, 3.05) is 0 Å². The van der Waals surface area contributed by atoms with E-state index >= 15 is 0 Å². The lowest BCUT2D eigenvalue weighted by Gasteiger charge is -2.19. The van der Waals surface area contributed by atoms with Crippen LogP contribution in [0.25, 0.3) is 11.0 Å².